The molecule has 5 nitrogen and oxygen atoms in total. The van der Waals surface area contributed by atoms with Gasteiger partial charge in [-0.2, -0.15) is 9.47 Å². The molecule has 0 fully saturated rings. The van der Waals surface area contributed by atoms with Gasteiger partial charge >= 0.3 is 0 Å². The third-order valence-corrected chi connectivity index (χ3v) is 4.39. The predicted molar refractivity (Wildman–Crippen MR) is 83.2 cm³/mol. The Hall–Kier alpha value is -2.21. The molecule has 2 heterocycles. The van der Waals surface area contributed by atoms with Gasteiger partial charge in [0.15, 0.2) is 0 Å². The van der Waals surface area contributed by atoms with Crippen LogP contribution in [0.25, 0.3) is 10.1 Å². The van der Waals surface area contributed by atoms with E-state index in [1.54, 1.807) is 0 Å². The summed E-state index contributed by atoms with van der Waals surface area (Å²) < 4.78 is 5.55. The molecule has 108 valence electrons. The van der Waals surface area contributed by atoms with Crippen LogP contribution in [0.5, 0.6) is 0 Å². The molecular weight excluding hydrogens is 284 g/mol. The summed E-state index contributed by atoms with van der Waals surface area (Å²) >= 11 is 1.46. The first kappa shape index (κ1) is 13.8. The average Bonchev–Trinajstić information content (AvgIpc) is 3.03. The number of H-pyrrole nitrogens is 1. The predicted octanol–water partition coefficient (Wildman–Crippen LogP) is 2.50. The molecule has 0 spiro atoms. The molecule has 2 N–H and O–H groups in total. The van der Waals surface area contributed by atoms with Crippen molar-refractivity contribution in [2.45, 2.75) is 26.8 Å². The zero-order valence-electron chi connectivity index (χ0n) is 11.9. The van der Waals surface area contributed by atoms with Gasteiger partial charge in [-0.15, -0.1) is 0 Å². The number of aryl methyl sites for hydroxylation is 2. The number of carbonyl (C=O) groups excluding carboxylic acids is 1. The van der Waals surface area contributed by atoms with Crippen molar-refractivity contribution in [3.05, 3.63) is 46.9 Å². The highest BCUT2D eigenvalue weighted by molar-refractivity contribution is 7.13. The van der Waals surface area contributed by atoms with Crippen LogP contribution >= 0.6 is 11.5 Å². The Labute approximate surface area is 126 Å². The first-order valence-corrected chi connectivity index (χ1v) is 7.53. The van der Waals surface area contributed by atoms with Gasteiger partial charge < -0.3 is 5.32 Å². The van der Waals surface area contributed by atoms with Crippen LogP contribution < -0.4 is 5.32 Å². The number of nitrogens with zero attached hydrogens (tertiary/aromatic N) is 2. The monoisotopic (exact) mass is 300 g/mol. The molecule has 0 saturated heterocycles. The normalized spacial score (nSPS) is 11.0. The first-order chi connectivity index (χ1) is 10.1. The summed E-state index contributed by atoms with van der Waals surface area (Å²) in [5.41, 5.74) is 3.71. The fourth-order valence-electron chi connectivity index (χ4n) is 2.31. The number of nitrogens with one attached hydrogen (secondary N) is 2. The summed E-state index contributed by atoms with van der Waals surface area (Å²) in [6.07, 6.45) is 0.343. The lowest BCUT2D eigenvalue weighted by atomic mass is 10.1. The standard InChI is InChI=1S/C15H16N4OS/c1-9-12(10(2)18-17-9)7-15(20)16-8-13-11-5-3-4-6-14(11)21-19-13/h3-6H,7-8H2,1-2H3,(H,16,20)(H,17,18). The molecule has 2 aromatic heterocycles. The number of aromatic nitrogens is 3. The van der Waals surface area contributed by atoms with E-state index in [2.05, 4.69) is 19.9 Å². The highest BCUT2D eigenvalue weighted by atomic mass is 32.1. The van der Waals surface area contributed by atoms with E-state index < -0.39 is 0 Å². The Balaban J connectivity index is 1.66. The first-order valence-electron chi connectivity index (χ1n) is 6.75. The zero-order valence-corrected chi connectivity index (χ0v) is 12.8. The number of fused-ring (bicyclic) bond motifs is 1. The molecule has 0 bridgehead atoms. The van der Waals surface area contributed by atoms with Crippen molar-refractivity contribution in [2.24, 2.45) is 0 Å². The second kappa shape index (κ2) is 5.65. The topological polar surface area (TPSA) is 70.7 Å². The lowest BCUT2D eigenvalue weighted by Gasteiger charge is -2.04. The summed E-state index contributed by atoms with van der Waals surface area (Å²) in [4.78, 5) is 12.1. The summed E-state index contributed by atoms with van der Waals surface area (Å²) in [7, 11) is 0. The highest BCUT2D eigenvalue weighted by Gasteiger charge is 2.12. The van der Waals surface area contributed by atoms with Gasteiger partial charge in [0.1, 0.15) is 0 Å². The molecule has 6 heteroatoms. The van der Waals surface area contributed by atoms with E-state index in [9.17, 15) is 4.79 Å². The van der Waals surface area contributed by atoms with Gasteiger partial charge in [-0.1, -0.05) is 18.2 Å². The molecule has 1 amide bonds. The minimum atomic E-state index is -0.0142. The fraction of sp³-hybridized carbons (Fsp3) is 0.267. The number of amides is 1. The van der Waals surface area contributed by atoms with Crippen LogP contribution in [-0.2, 0) is 17.8 Å². The number of hydrogen-bond donors (Lipinski definition) is 2. The molecule has 0 aliphatic rings. The minimum absolute atomic E-state index is 0.0142. The second-order valence-electron chi connectivity index (χ2n) is 4.99. The van der Waals surface area contributed by atoms with Crippen LogP contribution in [0.4, 0.5) is 0 Å². The van der Waals surface area contributed by atoms with Crippen LogP contribution in [0.2, 0.25) is 0 Å². The molecule has 0 aliphatic heterocycles. The van der Waals surface area contributed by atoms with Crippen molar-refractivity contribution in [2.75, 3.05) is 0 Å². The molecule has 0 saturated carbocycles. The second-order valence-corrected chi connectivity index (χ2v) is 5.80. The largest absolute Gasteiger partial charge is 0.350 e. The van der Waals surface area contributed by atoms with E-state index in [0.29, 0.717) is 13.0 Å². The SMILES string of the molecule is Cc1n[nH]c(C)c1CC(=O)NCc1nsc2ccccc12. The van der Waals surface area contributed by atoms with Crippen LogP contribution in [-0.4, -0.2) is 20.5 Å². The van der Waals surface area contributed by atoms with Crippen molar-refractivity contribution in [1.82, 2.24) is 19.9 Å². The van der Waals surface area contributed by atoms with E-state index in [-0.39, 0.29) is 5.91 Å². The highest BCUT2D eigenvalue weighted by Crippen LogP contribution is 2.21. The molecule has 0 unspecified atom stereocenters. The molecule has 21 heavy (non-hydrogen) atoms. The smallest absolute Gasteiger partial charge is 0.224 e. The lowest BCUT2D eigenvalue weighted by molar-refractivity contribution is -0.120. The van der Waals surface area contributed by atoms with E-state index in [1.807, 2.05) is 38.1 Å². The maximum absolute atomic E-state index is 12.1. The van der Waals surface area contributed by atoms with Gasteiger partial charge in [0.2, 0.25) is 5.91 Å². The van der Waals surface area contributed by atoms with Crippen molar-refractivity contribution in [3.63, 3.8) is 0 Å². The van der Waals surface area contributed by atoms with Crippen molar-refractivity contribution >= 4 is 27.5 Å². The Kier molecular flexibility index (Phi) is 3.70. The van der Waals surface area contributed by atoms with E-state index >= 15 is 0 Å². The average molecular weight is 300 g/mol. The Bertz CT molecular complexity index is 770. The molecule has 3 aromatic rings. The Morgan fingerprint density at radius 1 is 1.33 bits per heavy atom. The third-order valence-electron chi connectivity index (χ3n) is 3.52. The molecule has 0 atom stereocenters. The maximum atomic E-state index is 12.1. The Morgan fingerprint density at radius 2 is 2.14 bits per heavy atom. The van der Waals surface area contributed by atoms with E-state index in [1.165, 1.54) is 11.5 Å². The molecule has 0 aliphatic carbocycles. The summed E-state index contributed by atoms with van der Waals surface area (Å²) in [6.45, 7) is 4.29. The van der Waals surface area contributed by atoms with Crippen LogP contribution in [0.1, 0.15) is 22.6 Å². The minimum Gasteiger partial charge on any atom is -0.350 e. The number of aromatic amines is 1. The van der Waals surface area contributed by atoms with Crippen LogP contribution in [0, 0.1) is 13.8 Å². The zero-order chi connectivity index (χ0) is 14.8. The van der Waals surface area contributed by atoms with E-state index in [0.717, 1.165) is 32.7 Å². The van der Waals surface area contributed by atoms with Gasteiger partial charge in [-0.05, 0) is 31.4 Å². The number of rotatable bonds is 4. The maximum Gasteiger partial charge on any atom is 0.224 e. The fourth-order valence-corrected chi connectivity index (χ4v) is 3.10. The van der Waals surface area contributed by atoms with Crippen molar-refractivity contribution in [1.29, 1.82) is 0 Å². The van der Waals surface area contributed by atoms with Crippen molar-refractivity contribution < 1.29 is 4.79 Å². The van der Waals surface area contributed by atoms with Gasteiger partial charge in [0.05, 0.1) is 29.1 Å². The molecular formula is C15H16N4OS. The lowest BCUT2D eigenvalue weighted by Crippen LogP contribution is -2.25. The molecule has 1 aromatic carbocycles. The van der Waals surface area contributed by atoms with Crippen LogP contribution in [0.15, 0.2) is 24.3 Å². The number of carbonyl (C=O) groups is 1. The van der Waals surface area contributed by atoms with E-state index in [4.69, 9.17) is 0 Å². The van der Waals surface area contributed by atoms with Gasteiger partial charge in [-0.25, -0.2) is 0 Å². The third kappa shape index (κ3) is 2.80. The summed E-state index contributed by atoms with van der Waals surface area (Å²) in [6, 6.07) is 8.05. The number of hydrogen-bond acceptors (Lipinski definition) is 4. The summed E-state index contributed by atoms with van der Waals surface area (Å²) in [5.74, 6) is -0.0142. The van der Waals surface area contributed by atoms with Gasteiger partial charge in [0.25, 0.3) is 0 Å². The summed E-state index contributed by atoms with van der Waals surface area (Å²) in [5, 5.41) is 11.0. The van der Waals surface area contributed by atoms with Gasteiger partial charge in [0, 0.05) is 16.6 Å². The quantitative estimate of drug-likeness (QED) is 0.777. The molecule has 3 rings (SSSR count). The Morgan fingerprint density at radius 3 is 2.90 bits per heavy atom. The number of benzene rings is 1. The molecule has 0 radical (unpaired) electrons. The van der Waals surface area contributed by atoms with Gasteiger partial charge in [-0.3, -0.25) is 9.89 Å². The van der Waals surface area contributed by atoms with Crippen molar-refractivity contribution in [3.8, 4) is 0 Å². The van der Waals surface area contributed by atoms with Crippen LogP contribution in [0.3, 0.4) is 0 Å².